The number of carbonyl (C=O) groups excluding carboxylic acids is 1. The minimum Gasteiger partial charge on any atom is -0.478 e. The number of benzene rings is 1. The monoisotopic (exact) mass is 296 g/mol. The van der Waals surface area contributed by atoms with Crippen molar-refractivity contribution < 1.29 is 14.7 Å². The predicted octanol–water partition coefficient (Wildman–Crippen LogP) is 3.16. The second-order valence-electron chi connectivity index (χ2n) is 5.28. The Kier molecular flexibility index (Phi) is 4.18. The van der Waals surface area contributed by atoms with Gasteiger partial charge in [-0.3, -0.25) is 0 Å². The van der Waals surface area contributed by atoms with Crippen LogP contribution in [0.25, 0.3) is 0 Å². The smallest absolute Gasteiger partial charge is 0.337 e. The van der Waals surface area contributed by atoms with Crippen LogP contribution in [0.5, 0.6) is 0 Å². The van der Waals surface area contributed by atoms with Gasteiger partial charge in [0.2, 0.25) is 0 Å². The van der Waals surface area contributed by atoms with Crippen LogP contribution in [0, 0.1) is 11.8 Å². The van der Waals surface area contributed by atoms with Gasteiger partial charge >= 0.3 is 12.0 Å². The number of carboxylic acid groups (broad SMARTS) is 1. The molecule has 0 spiro atoms. The molecule has 2 N–H and O–H groups in total. The minimum atomic E-state index is -1.12. The van der Waals surface area contributed by atoms with Gasteiger partial charge in [-0.15, -0.1) is 0 Å². The van der Waals surface area contributed by atoms with Crippen LogP contribution >= 0.6 is 11.6 Å². The van der Waals surface area contributed by atoms with Crippen LogP contribution < -0.4 is 5.32 Å². The zero-order chi connectivity index (χ0) is 14.9. The highest BCUT2D eigenvalue weighted by atomic mass is 35.5. The fourth-order valence-corrected chi connectivity index (χ4v) is 2.27. The molecule has 0 aromatic heterocycles. The number of rotatable bonds is 4. The van der Waals surface area contributed by atoms with Crippen molar-refractivity contribution in [2.75, 3.05) is 18.9 Å². The highest BCUT2D eigenvalue weighted by molar-refractivity contribution is 6.33. The molecular weight excluding hydrogens is 280 g/mol. The Balaban J connectivity index is 2.00. The van der Waals surface area contributed by atoms with Crippen molar-refractivity contribution in [3.8, 4) is 0 Å². The van der Waals surface area contributed by atoms with E-state index >= 15 is 0 Å². The molecule has 20 heavy (non-hydrogen) atoms. The molecule has 0 aliphatic heterocycles. The predicted molar refractivity (Wildman–Crippen MR) is 77.3 cm³/mol. The van der Waals surface area contributed by atoms with Gasteiger partial charge in [0.05, 0.1) is 10.6 Å². The van der Waals surface area contributed by atoms with Gasteiger partial charge < -0.3 is 15.3 Å². The van der Waals surface area contributed by atoms with E-state index in [-0.39, 0.29) is 16.6 Å². The highest BCUT2D eigenvalue weighted by Gasteiger charge is 2.34. The van der Waals surface area contributed by atoms with Crippen LogP contribution in [-0.4, -0.2) is 35.6 Å². The number of carboxylic acids is 1. The number of halogens is 1. The quantitative estimate of drug-likeness (QED) is 0.896. The van der Waals surface area contributed by atoms with Gasteiger partial charge in [0.1, 0.15) is 0 Å². The SMILES string of the molecule is CC1CC1CN(C)C(=O)Nc1ccc(Cl)c(C(=O)O)c1. The maximum atomic E-state index is 12.0. The molecule has 0 heterocycles. The summed E-state index contributed by atoms with van der Waals surface area (Å²) in [5.74, 6) is 0.135. The Morgan fingerprint density at radius 1 is 1.50 bits per heavy atom. The molecule has 0 saturated heterocycles. The fourth-order valence-electron chi connectivity index (χ4n) is 2.07. The van der Waals surface area contributed by atoms with Crippen LogP contribution in [-0.2, 0) is 0 Å². The van der Waals surface area contributed by atoms with Crippen LogP contribution in [0.2, 0.25) is 5.02 Å². The van der Waals surface area contributed by atoms with Crippen molar-refractivity contribution in [2.45, 2.75) is 13.3 Å². The third-order valence-corrected chi connectivity index (χ3v) is 3.91. The van der Waals surface area contributed by atoms with Crippen LogP contribution in [0.1, 0.15) is 23.7 Å². The zero-order valence-electron chi connectivity index (χ0n) is 11.4. The van der Waals surface area contributed by atoms with Crippen molar-refractivity contribution in [2.24, 2.45) is 11.8 Å². The van der Waals surface area contributed by atoms with Gasteiger partial charge in [0.25, 0.3) is 0 Å². The molecule has 0 bridgehead atoms. The standard InChI is InChI=1S/C14H17ClN2O3/c1-8-5-9(8)7-17(2)14(20)16-10-3-4-12(15)11(6-10)13(18)19/h3-4,6,8-9H,5,7H2,1-2H3,(H,16,20)(H,18,19). The number of nitrogens with zero attached hydrogens (tertiary/aromatic N) is 1. The number of hydrogen-bond donors (Lipinski definition) is 2. The molecule has 1 aliphatic carbocycles. The first-order valence-corrected chi connectivity index (χ1v) is 6.81. The Labute approximate surface area is 122 Å². The highest BCUT2D eigenvalue weighted by Crippen LogP contribution is 2.38. The van der Waals surface area contributed by atoms with Gasteiger partial charge in [0.15, 0.2) is 0 Å². The third-order valence-electron chi connectivity index (χ3n) is 3.58. The summed E-state index contributed by atoms with van der Waals surface area (Å²) < 4.78 is 0. The summed E-state index contributed by atoms with van der Waals surface area (Å²) in [6.07, 6.45) is 1.15. The first-order valence-electron chi connectivity index (χ1n) is 6.43. The lowest BCUT2D eigenvalue weighted by Crippen LogP contribution is -2.33. The van der Waals surface area contributed by atoms with E-state index in [1.807, 2.05) is 0 Å². The van der Waals surface area contributed by atoms with E-state index in [4.69, 9.17) is 16.7 Å². The maximum Gasteiger partial charge on any atom is 0.337 e. The largest absolute Gasteiger partial charge is 0.478 e. The number of nitrogens with one attached hydrogen (secondary N) is 1. The molecule has 5 nitrogen and oxygen atoms in total. The number of carbonyl (C=O) groups is 2. The second kappa shape index (κ2) is 5.71. The van der Waals surface area contributed by atoms with E-state index < -0.39 is 5.97 Å². The molecule has 1 aliphatic rings. The summed E-state index contributed by atoms with van der Waals surface area (Å²) in [7, 11) is 1.73. The Bertz CT molecular complexity index is 547. The first kappa shape index (κ1) is 14.7. The summed E-state index contributed by atoms with van der Waals surface area (Å²) in [5, 5.41) is 11.8. The molecule has 1 aromatic rings. The van der Waals surface area contributed by atoms with Crippen LogP contribution in [0.15, 0.2) is 18.2 Å². The molecule has 6 heteroatoms. The molecule has 2 unspecified atom stereocenters. The lowest BCUT2D eigenvalue weighted by Gasteiger charge is -2.18. The molecule has 2 rings (SSSR count). The van der Waals surface area contributed by atoms with E-state index in [2.05, 4.69) is 12.2 Å². The van der Waals surface area contributed by atoms with Gasteiger partial charge in [-0.05, 0) is 36.5 Å². The maximum absolute atomic E-state index is 12.0. The van der Waals surface area contributed by atoms with Gasteiger partial charge in [0, 0.05) is 19.3 Å². The van der Waals surface area contributed by atoms with Gasteiger partial charge in [-0.2, -0.15) is 0 Å². The van der Waals surface area contributed by atoms with Crippen LogP contribution in [0.4, 0.5) is 10.5 Å². The lowest BCUT2D eigenvalue weighted by atomic mass is 10.2. The van der Waals surface area contributed by atoms with Gasteiger partial charge in [-0.1, -0.05) is 18.5 Å². The summed E-state index contributed by atoms with van der Waals surface area (Å²) in [6, 6.07) is 4.16. The van der Waals surface area contributed by atoms with Crippen molar-refractivity contribution in [3.05, 3.63) is 28.8 Å². The minimum absolute atomic E-state index is 0.0251. The molecular formula is C14H17ClN2O3. The van der Waals surface area contributed by atoms with E-state index in [0.29, 0.717) is 24.1 Å². The van der Waals surface area contributed by atoms with Crippen LogP contribution in [0.3, 0.4) is 0 Å². The average Bonchev–Trinajstić information content (AvgIpc) is 3.06. The molecule has 0 radical (unpaired) electrons. The molecule has 1 fully saturated rings. The molecule has 108 valence electrons. The summed E-state index contributed by atoms with van der Waals surface area (Å²) in [6.45, 7) is 2.88. The Hall–Kier alpha value is -1.75. The molecule has 1 aromatic carbocycles. The molecule has 2 amide bonds. The summed E-state index contributed by atoms with van der Waals surface area (Å²) in [4.78, 5) is 24.6. The second-order valence-corrected chi connectivity index (χ2v) is 5.69. The molecule has 1 saturated carbocycles. The number of amides is 2. The van der Waals surface area contributed by atoms with Crippen molar-refractivity contribution >= 4 is 29.3 Å². The number of aromatic carboxylic acids is 1. The Morgan fingerprint density at radius 2 is 2.15 bits per heavy atom. The van der Waals surface area contributed by atoms with Crippen molar-refractivity contribution in [1.29, 1.82) is 0 Å². The molecule has 2 atom stereocenters. The number of hydrogen-bond acceptors (Lipinski definition) is 2. The van der Waals surface area contributed by atoms with Crippen molar-refractivity contribution in [1.82, 2.24) is 4.90 Å². The lowest BCUT2D eigenvalue weighted by molar-refractivity contribution is 0.0697. The third kappa shape index (κ3) is 3.42. The zero-order valence-corrected chi connectivity index (χ0v) is 12.1. The van der Waals surface area contributed by atoms with E-state index in [0.717, 1.165) is 6.42 Å². The summed E-state index contributed by atoms with van der Waals surface area (Å²) >= 11 is 5.78. The number of urea groups is 1. The van der Waals surface area contributed by atoms with Gasteiger partial charge in [-0.25, -0.2) is 9.59 Å². The average molecular weight is 297 g/mol. The van der Waals surface area contributed by atoms with E-state index in [1.54, 1.807) is 18.0 Å². The number of anilines is 1. The first-order chi connectivity index (χ1) is 9.38. The van der Waals surface area contributed by atoms with E-state index in [9.17, 15) is 9.59 Å². The van der Waals surface area contributed by atoms with Crippen molar-refractivity contribution in [3.63, 3.8) is 0 Å². The summed E-state index contributed by atoms with van der Waals surface area (Å²) in [5.41, 5.74) is 0.399. The normalized spacial score (nSPS) is 20.4. The van der Waals surface area contributed by atoms with E-state index in [1.165, 1.54) is 12.1 Å². The fraction of sp³-hybridized carbons (Fsp3) is 0.429. The Morgan fingerprint density at radius 3 is 2.70 bits per heavy atom. The topological polar surface area (TPSA) is 69.6 Å².